The van der Waals surface area contributed by atoms with Gasteiger partial charge in [0, 0.05) is 29.7 Å². The lowest BCUT2D eigenvalue weighted by Gasteiger charge is -1.98. The zero-order valence-electron chi connectivity index (χ0n) is 8.20. The molecule has 1 aliphatic carbocycles. The second-order valence-corrected chi connectivity index (χ2v) is 4.06. The average Bonchev–Trinajstić information content (AvgIpc) is 2.89. The first-order valence-electron chi connectivity index (χ1n) is 4.98. The average molecular weight is 187 g/mol. The van der Waals surface area contributed by atoms with Gasteiger partial charge in [0.2, 0.25) is 0 Å². The van der Waals surface area contributed by atoms with E-state index in [9.17, 15) is 0 Å². The van der Waals surface area contributed by atoms with E-state index in [1.54, 1.807) is 0 Å². The highest BCUT2D eigenvalue weighted by molar-refractivity contribution is 5.85. The quantitative estimate of drug-likeness (QED) is 0.694. The predicted molar refractivity (Wildman–Crippen MR) is 57.1 cm³/mol. The number of anilines is 1. The van der Waals surface area contributed by atoms with E-state index in [-0.39, 0.29) is 0 Å². The zero-order chi connectivity index (χ0) is 9.71. The van der Waals surface area contributed by atoms with Crippen LogP contribution in [-0.2, 0) is 7.05 Å². The minimum absolute atomic E-state index is 0.730. The maximum atomic E-state index is 5.73. The van der Waals surface area contributed by atoms with Crippen LogP contribution < -0.4 is 5.73 Å². The predicted octanol–water partition coefficient (Wildman–Crippen LogP) is 2.03. The van der Waals surface area contributed by atoms with Crippen molar-refractivity contribution in [1.82, 2.24) is 9.78 Å². The summed E-state index contributed by atoms with van der Waals surface area (Å²) >= 11 is 0. The number of aryl methyl sites for hydroxylation is 1. The van der Waals surface area contributed by atoms with Gasteiger partial charge in [0.05, 0.1) is 5.52 Å². The molecule has 1 aromatic heterocycles. The highest BCUT2D eigenvalue weighted by Crippen LogP contribution is 2.42. The molecule has 0 bridgehead atoms. The number of nitrogen functional groups attached to an aromatic ring is 1. The Bertz CT molecular complexity index is 494. The molecule has 3 heteroatoms. The van der Waals surface area contributed by atoms with Crippen molar-refractivity contribution in [3.05, 3.63) is 23.9 Å². The van der Waals surface area contributed by atoms with Gasteiger partial charge in [0.25, 0.3) is 0 Å². The molecule has 1 fully saturated rings. The number of aromatic nitrogens is 2. The molecule has 0 spiro atoms. The fourth-order valence-corrected chi connectivity index (χ4v) is 2.08. The third kappa shape index (κ3) is 1.02. The first-order chi connectivity index (χ1) is 6.75. The third-order valence-electron chi connectivity index (χ3n) is 2.87. The molecule has 2 aromatic rings. The Morgan fingerprint density at radius 3 is 2.93 bits per heavy atom. The van der Waals surface area contributed by atoms with Crippen molar-refractivity contribution >= 4 is 16.6 Å². The van der Waals surface area contributed by atoms with Crippen LogP contribution in [0.4, 0.5) is 5.69 Å². The number of rotatable bonds is 1. The Hall–Kier alpha value is -1.51. The van der Waals surface area contributed by atoms with Crippen LogP contribution in [-0.4, -0.2) is 9.78 Å². The number of hydrogen-bond donors (Lipinski definition) is 1. The normalized spacial score (nSPS) is 16.4. The first-order valence-corrected chi connectivity index (χ1v) is 4.98. The van der Waals surface area contributed by atoms with Crippen LogP contribution in [0.1, 0.15) is 24.5 Å². The van der Waals surface area contributed by atoms with Crippen molar-refractivity contribution in [2.24, 2.45) is 7.05 Å². The summed E-state index contributed by atoms with van der Waals surface area (Å²) in [4.78, 5) is 0. The molecule has 0 amide bonds. The summed E-state index contributed by atoms with van der Waals surface area (Å²) in [6.07, 6.45) is 2.61. The Morgan fingerprint density at radius 1 is 1.43 bits per heavy atom. The fraction of sp³-hybridized carbons (Fsp3) is 0.364. The highest BCUT2D eigenvalue weighted by atomic mass is 15.3. The van der Waals surface area contributed by atoms with Crippen molar-refractivity contribution in [2.75, 3.05) is 5.73 Å². The summed E-state index contributed by atoms with van der Waals surface area (Å²) in [6.45, 7) is 0. The van der Waals surface area contributed by atoms with Crippen LogP contribution in [0.5, 0.6) is 0 Å². The molecule has 0 saturated heterocycles. The van der Waals surface area contributed by atoms with Crippen molar-refractivity contribution in [1.29, 1.82) is 0 Å². The van der Waals surface area contributed by atoms with Crippen molar-refractivity contribution in [2.45, 2.75) is 18.8 Å². The zero-order valence-corrected chi connectivity index (χ0v) is 8.20. The van der Waals surface area contributed by atoms with Gasteiger partial charge in [-0.1, -0.05) is 0 Å². The lowest BCUT2D eigenvalue weighted by Crippen LogP contribution is -1.95. The maximum absolute atomic E-state index is 5.73. The molecule has 1 aliphatic rings. The Balaban J connectivity index is 2.32. The molecule has 1 aromatic carbocycles. The van der Waals surface area contributed by atoms with Gasteiger partial charge in [-0.15, -0.1) is 0 Å². The van der Waals surface area contributed by atoms with Crippen LogP contribution in [0.25, 0.3) is 10.9 Å². The first kappa shape index (κ1) is 7.85. The summed E-state index contributed by atoms with van der Waals surface area (Å²) < 4.78 is 2.00. The lowest BCUT2D eigenvalue weighted by molar-refractivity contribution is 0.723. The number of fused-ring (bicyclic) bond motifs is 1. The molecule has 2 N–H and O–H groups in total. The van der Waals surface area contributed by atoms with E-state index in [1.807, 2.05) is 23.9 Å². The highest BCUT2D eigenvalue weighted by Gasteiger charge is 2.28. The fourth-order valence-electron chi connectivity index (χ4n) is 2.08. The van der Waals surface area contributed by atoms with E-state index < -0.39 is 0 Å². The molecular formula is C11H13N3. The minimum Gasteiger partial charge on any atom is -0.399 e. The van der Waals surface area contributed by atoms with Gasteiger partial charge in [-0.05, 0) is 31.0 Å². The molecule has 1 heterocycles. The maximum Gasteiger partial charge on any atom is 0.0946 e. The molecule has 1 saturated carbocycles. The SMILES string of the molecule is Cn1nc2cc(N)ccc2c1C1CC1. The lowest BCUT2D eigenvalue weighted by atomic mass is 10.1. The van der Waals surface area contributed by atoms with Gasteiger partial charge in [-0.2, -0.15) is 5.10 Å². The molecule has 3 nitrogen and oxygen atoms in total. The van der Waals surface area contributed by atoms with Crippen LogP contribution in [0.2, 0.25) is 0 Å². The summed E-state index contributed by atoms with van der Waals surface area (Å²) in [5, 5.41) is 5.74. The van der Waals surface area contributed by atoms with Crippen molar-refractivity contribution in [3.8, 4) is 0 Å². The number of nitrogens with two attached hydrogens (primary N) is 1. The van der Waals surface area contributed by atoms with Gasteiger partial charge >= 0.3 is 0 Å². The summed E-state index contributed by atoms with van der Waals surface area (Å²) in [5.41, 5.74) is 8.91. The van der Waals surface area contributed by atoms with E-state index in [2.05, 4.69) is 11.2 Å². The smallest absolute Gasteiger partial charge is 0.0946 e. The van der Waals surface area contributed by atoms with Crippen LogP contribution in [0, 0.1) is 0 Å². The molecule has 3 rings (SSSR count). The molecule has 72 valence electrons. The van der Waals surface area contributed by atoms with Crippen LogP contribution in [0.3, 0.4) is 0 Å². The topological polar surface area (TPSA) is 43.8 Å². The molecule has 0 aliphatic heterocycles. The third-order valence-corrected chi connectivity index (χ3v) is 2.87. The van der Waals surface area contributed by atoms with E-state index >= 15 is 0 Å². The molecule has 14 heavy (non-hydrogen) atoms. The van der Waals surface area contributed by atoms with Crippen LogP contribution >= 0.6 is 0 Å². The van der Waals surface area contributed by atoms with Gasteiger partial charge in [0.15, 0.2) is 0 Å². The summed E-state index contributed by atoms with van der Waals surface area (Å²) in [6, 6.07) is 5.99. The molecule has 0 radical (unpaired) electrons. The number of nitrogens with zero attached hydrogens (tertiary/aromatic N) is 2. The van der Waals surface area contributed by atoms with Crippen LogP contribution in [0.15, 0.2) is 18.2 Å². The number of benzene rings is 1. The number of hydrogen-bond acceptors (Lipinski definition) is 2. The van der Waals surface area contributed by atoms with E-state index in [0.29, 0.717) is 0 Å². The van der Waals surface area contributed by atoms with Crippen molar-refractivity contribution in [3.63, 3.8) is 0 Å². The molecular weight excluding hydrogens is 174 g/mol. The second-order valence-electron chi connectivity index (χ2n) is 4.06. The summed E-state index contributed by atoms with van der Waals surface area (Å²) in [7, 11) is 2.02. The van der Waals surface area contributed by atoms with Crippen molar-refractivity contribution < 1.29 is 0 Å². The van der Waals surface area contributed by atoms with Gasteiger partial charge in [0.1, 0.15) is 0 Å². The Kier molecular flexibility index (Phi) is 1.40. The molecule has 0 unspecified atom stereocenters. The van der Waals surface area contributed by atoms with E-state index in [4.69, 9.17) is 5.73 Å². The standard InChI is InChI=1S/C11H13N3/c1-14-11(7-2-3-7)9-5-4-8(12)6-10(9)13-14/h4-7H,2-3,12H2,1H3. The minimum atomic E-state index is 0.730. The Labute approximate surface area is 82.5 Å². The van der Waals surface area contributed by atoms with Gasteiger partial charge in [-0.3, -0.25) is 4.68 Å². The largest absolute Gasteiger partial charge is 0.399 e. The monoisotopic (exact) mass is 187 g/mol. The van der Waals surface area contributed by atoms with E-state index in [0.717, 1.165) is 17.1 Å². The van der Waals surface area contributed by atoms with Gasteiger partial charge < -0.3 is 5.73 Å². The van der Waals surface area contributed by atoms with E-state index in [1.165, 1.54) is 23.9 Å². The molecule has 0 atom stereocenters. The second kappa shape index (κ2) is 2.50. The van der Waals surface area contributed by atoms with Gasteiger partial charge in [-0.25, -0.2) is 0 Å². The summed E-state index contributed by atoms with van der Waals surface area (Å²) in [5.74, 6) is 0.730. The Morgan fingerprint density at radius 2 is 2.21 bits per heavy atom.